The van der Waals surface area contributed by atoms with Crippen LogP contribution in [0.4, 0.5) is 0 Å². The molecule has 1 amide bonds. The van der Waals surface area contributed by atoms with Crippen LogP contribution in [0, 0.1) is 0 Å². The van der Waals surface area contributed by atoms with Gasteiger partial charge >= 0.3 is 5.97 Å². The normalized spacial score (nSPS) is 13.0. The molecule has 0 spiro atoms. The molecule has 3 N–H and O–H groups in total. The molecule has 6 nitrogen and oxygen atoms in total. The zero-order valence-electron chi connectivity index (χ0n) is 40.4. The second-order valence-electron chi connectivity index (χ2n) is 17.9. The van der Waals surface area contributed by atoms with Gasteiger partial charge in [0.2, 0.25) is 5.91 Å². The summed E-state index contributed by atoms with van der Waals surface area (Å²) >= 11 is 0. The fourth-order valence-corrected chi connectivity index (χ4v) is 7.78. The molecule has 0 aromatic rings. The maximum Gasteiger partial charge on any atom is 0.305 e. The molecule has 2 atom stereocenters. The zero-order valence-corrected chi connectivity index (χ0v) is 40.4. The van der Waals surface area contributed by atoms with E-state index in [2.05, 4.69) is 67.8 Å². The van der Waals surface area contributed by atoms with Crippen LogP contribution in [0.15, 0.2) is 48.6 Å². The van der Waals surface area contributed by atoms with Gasteiger partial charge in [-0.2, -0.15) is 0 Å². The van der Waals surface area contributed by atoms with Gasteiger partial charge in [-0.05, 0) is 83.5 Å². The van der Waals surface area contributed by atoms with E-state index < -0.39 is 12.1 Å². The summed E-state index contributed by atoms with van der Waals surface area (Å²) in [5, 5.41) is 23.2. The number of carbonyl (C=O) groups is 2. The number of nitrogens with one attached hydrogen (secondary N) is 1. The lowest BCUT2D eigenvalue weighted by atomic mass is 10.0. The Hall–Kier alpha value is -2.18. The molecule has 6 heteroatoms. The molecule has 0 aromatic heterocycles. The average Bonchev–Trinajstić information content (AvgIpc) is 3.26. The number of hydrogen-bond donors (Lipinski definition) is 3. The highest BCUT2D eigenvalue weighted by Crippen LogP contribution is 2.16. The Kier molecular flexibility index (Phi) is 48.7. The van der Waals surface area contributed by atoms with Gasteiger partial charge in [0.1, 0.15) is 0 Å². The Labute approximate surface area is 378 Å². The number of esters is 1. The quantitative estimate of drug-likeness (QED) is 0.0245. The van der Waals surface area contributed by atoms with Crippen LogP contribution >= 0.6 is 0 Å². The van der Waals surface area contributed by atoms with Crippen LogP contribution in [0.3, 0.4) is 0 Å². The first-order valence-corrected chi connectivity index (χ1v) is 26.4. The van der Waals surface area contributed by atoms with Crippen LogP contribution in [0.25, 0.3) is 0 Å². The van der Waals surface area contributed by atoms with E-state index in [4.69, 9.17) is 4.74 Å². The SMILES string of the molecule is CCC/C=C\C/C=C\CCCCCCCC(=O)OCCCCC/C=C\C=C/CCCCCCCCC(=O)NC(CO)C(O)CCCCCCCCCCCCCCCCCC. The molecule has 0 bridgehead atoms. The summed E-state index contributed by atoms with van der Waals surface area (Å²) in [6.07, 6.45) is 62.2. The van der Waals surface area contributed by atoms with Crippen molar-refractivity contribution in [2.45, 2.75) is 276 Å². The Bertz CT molecular complexity index is 1040. The summed E-state index contributed by atoms with van der Waals surface area (Å²) in [6.45, 7) is 4.82. The van der Waals surface area contributed by atoms with Crippen molar-refractivity contribution in [1.82, 2.24) is 5.32 Å². The van der Waals surface area contributed by atoms with Crippen molar-refractivity contribution in [3.05, 3.63) is 48.6 Å². The third-order valence-electron chi connectivity index (χ3n) is 11.9. The van der Waals surface area contributed by atoms with E-state index in [1.165, 1.54) is 141 Å². The van der Waals surface area contributed by atoms with Crippen molar-refractivity contribution >= 4 is 11.9 Å². The van der Waals surface area contributed by atoms with E-state index in [0.29, 0.717) is 25.9 Å². The van der Waals surface area contributed by atoms with Gasteiger partial charge in [0.05, 0.1) is 25.4 Å². The van der Waals surface area contributed by atoms with Gasteiger partial charge in [0.15, 0.2) is 0 Å². The lowest BCUT2D eigenvalue weighted by Gasteiger charge is -2.22. The topological polar surface area (TPSA) is 95.9 Å². The number of aliphatic hydroxyl groups is 2. The predicted octanol–water partition coefficient (Wildman–Crippen LogP) is 15.8. The Morgan fingerprint density at radius 1 is 0.475 bits per heavy atom. The molecule has 0 saturated carbocycles. The summed E-state index contributed by atoms with van der Waals surface area (Å²) in [5.74, 6) is -0.0960. The molecular weight excluding hydrogens is 755 g/mol. The Balaban J connectivity index is 3.55. The van der Waals surface area contributed by atoms with Gasteiger partial charge in [-0.3, -0.25) is 9.59 Å². The van der Waals surface area contributed by atoms with E-state index in [1.54, 1.807) is 0 Å². The largest absolute Gasteiger partial charge is 0.466 e. The molecule has 0 aliphatic rings. The molecule has 2 unspecified atom stereocenters. The van der Waals surface area contributed by atoms with Crippen molar-refractivity contribution in [3.63, 3.8) is 0 Å². The fraction of sp³-hybridized carbons (Fsp3) is 0.818. The molecule has 0 saturated heterocycles. The first-order chi connectivity index (χ1) is 30.0. The smallest absolute Gasteiger partial charge is 0.305 e. The zero-order chi connectivity index (χ0) is 44.4. The number of unbranched alkanes of at least 4 members (excludes halogenated alkanes) is 30. The molecule has 0 radical (unpaired) electrons. The summed E-state index contributed by atoms with van der Waals surface area (Å²) < 4.78 is 5.42. The fourth-order valence-electron chi connectivity index (χ4n) is 7.78. The molecule has 0 aromatic carbocycles. The number of rotatable bonds is 48. The van der Waals surface area contributed by atoms with Crippen LogP contribution in [0.2, 0.25) is 0 Å². The number of ether oxygens (including phenoxy) is 1. The van der Waals surface area contributed by atoms with E-state index >= 15 is 0 Å². The maximum atomic E-state index is 12.5. The van der Waals surface area contributed by atoms with Crippen molar-refractivity contribution in [3.8, 4) is 0 Å². The third kappa shape index (κ3) is 47.1. The van der Waals surface area contributed by atoms with Crippen LogP contribution in [0.1, 0.15) is 264 Å². The van der Waals surface area contributed by atoms with Crippen LogP contribution in [-0.2, 0) is 14.3 Å². The summed E-state index contributed by atoms with van der Waals surface area (Å²) in [4.78, 5) is 24.4. The van der Waals surface area contributed by atoms with Crippen molar-refractivity contribution in [2.75, 3.05) is 13.2 Å². The molecule has 0 aliphatic heterocycles. The highest BCUT2D eigenvalue weighted by Gasteiger charge is 2.20. The molecular formula is C55H101NO5. The van der Waals surface area contributed by atoms with Crippen molar-refractivity contribution in [2.24, 2.45) is 0 Å². The summed E-state index contributed by atoms with van der Waals surface area (Å²) in [5.41, 5.74) is 0. The maximum absolute atomic E-state index is 12.5. The highest BCUT2D eigenvalue weighted by molar-refractivity contribution is 5.76. The van der Waals surface area contributed by atoms with Gasteiger partial charge < -0.3 is 20.3 Å². The van der Waals surface area contributed by atoms with Crippen LogP contribution in [0.5, 0.6) is 0 Å². The Morgan fingerprint density at radius 2 is 0.902 bits per heavy atom. The number of aliphatic hydroxyl groups excluding tert-OH is 2. The Morgan fingerprint density at radius 3 is 1.41 bits per heavy atom. The van der Waals surface area contributed by atoms with Gasteiger partial charge in [-0.25, -0.2) is 0 Å². The molecule has 61 heavy (non-hydrogen) atoms. The lowest BCUT2D eigenvalue weighted by Crippen LogP contribution is -2.45. The van der Waals surface area contributed by atoms with E-state index in [-0.39, 0.29) is 18.5 Å². The summed E-state index contributed by atoms with van der Waals surface area (Å²) in [6, 6.07) is -0.559. The first kappa shape index (κ1) is 58.8. The third-order valence-corrected chi connectivity index (χ3v) is 11.9. The summed E-state index contributed by atoms with van der Waals surface area (Å²) in [7, 11) is 0. The van der Waals surface area contributed by atoms with E-state index in [0.717, 1.165) is 89.9 Å². The molecule has 0 heterocycles. The van der Waals surface area contributed by atoms with Crippen LogP contribution in [-0.4, -0.2) is 47.4 Å². The second-order valence-corrected chi connectivity index (χ2v) is 17.9. The number of amides is 1. The standard InChI is InChI=1S/C55H101NO5/c1-3-5-7-9-11-13-15-17-18-20-24-27-31-35-39-43-47-53(58)52(51-57)56-54(59)48-44-40-36-32-28-25-21-19-22-26-30-34-38-42-46-50-61-55(60)49-45-41-37-33-29-23-16-14-12-10-8-6-4-2/h8,10,14,16,19,22,26,30,52-53,57-58H,3-7,9,11-13,15,17-18,20-21,23-25,27-29,31-51H2,1-2H3,(H,56,59)/b10-8-,16-14-,22-19-,30-26-. The van der Waals surface area contributed by atoms with Gasteiger partial charge in [0, 0.05) is 12.8 Å². The van der Waals surface area contributed by atoms with Crippen LogP contribution < -0.4 is 5.32 Å². The highest BCUT2D eigenvalue weighted by atomic mass is 16.5. The predicted molar refractivity (Wildman–Crippen MR) is 264 cm³/mol. The molecule has 0 rings (SSSR count). The van der Waals surface area contributed by atoms with Gasteiger partial charge in [-0.1, -0.05) is 217 Å². The average molecular weight is 856 g/mol. The minimum Gasteiger partial charge on any atom is -0.466 e. The van der Waals surface area contributed by atoms with Crippen molar-refractivity contribution < 1.29 is 24.5 Å². The first-order valence-electron chi connectivity index (χ1n) is 26.4. The van der Waals surface area contributed by atoms with E-state index in [1.807, 2.05) is 0 Å². The molecule has 0 fully saturated rings. The number of allylic oxidation sites excluding steroid dienone is 8. The van der Waals surface area contributed by atoms with Gasteiger partial charge in [0.25, 0.3) is 0 Å². The minimum atomic E-state index is -0.680. The van der Waals surface area contributed by atoms with E-state index in [9.17, 15) is 19.8 Å². The monoisotopic (exact) mass is 856 g/mol. The lowest BCUT2D eigenvalue weighted by molar-refractivity contribution is -0.143. The second kappa shape index (κ2) is 50.5. The van der Waals surface area contributed by atoms with Crippen molar-refractivity contribution in [1.29, 1.82) is 0 Å². The molecule has 356 valence electrons. The number of hydrogen-bond acceptors (Lipinski definition) is 5. The minimum absolute atomic E-state index is 0.0376. The van der Waals surface area contributed by atoms with Gasteiger partial charge in [-0.15, -0.1) is 0 Å². The molecule has 0 aliphatic carbocycles. The number of carbonyl (C=O) groups excluding carboxylic acids is 2.